The minimum Gasteiger partial charge on any atom is -0.383 e. The Morgan fingerprint density at radius 2 is 1.78 bits per heavy atom. The number of aromatic amines is 1. The Labute approximate surface area is 210 Å². The summed E-state index contributed by atoms with van der Waals surface area (Å²) >= 11 is 0. The standard InChI is InChI=1S/C27H33N7O2/c1-19-9-10-20(2)24-22(19)17-23(27(35)28-24)25(26-29-30-31-34(26)15-16-36-3)33-13-11-32(12-14-33)18-21-7-5-4-6-8-21/h4-10,17,25H,11-16,18H2,1-3H3,(H,28,35)/t25-/m1/s1. The first kappa shape index (κ1) is 24.3. The molecule has 0 radical (unpaired) electrons. The normalized spacial score (nSPS) is 16.0. The van der Waals surface area contributed by atoms with Crippen LogP contribution in [0.2, 0.25) is 0 Å². The largest absolute Gasteiger partial charge is 0.383 e. The highest BCUT2D eigenvalue weighted by Gasteiger charge is 2.32. The van der Waals surface area contributed by atoms with Gasteiger partial charge in [-0.25, -0.2) is 4.68 Å². The van der Waals surface area contributed by atoms with Crippen molar-refractivity contribution in [2.45, 2.75) is 33.0 Å². The number of benzene rings is 2. The molecule has 1 aliphatic heterocycles. The van der Waals surface area contributed by atoms with Crippen molar-refractivity contribution in [1.82, 2.24) is 35.0 Å². The van der Waals surface area contributed by atoms with E-state index in [4.69, 9.17) is 4.74 Å². The van der Waals surface area contributed by atoms with E-state index in [0.717, 1.165) is 54.8 Å². The van der Waals surface area contributed by atoms with Crippen LogP contribution in [-0.2, 0) is 17.8 Å². The highest BCUT2D eigenvalue weighted by atomic mass is 16.5. The van der Waals surface area contributed by atoms with E-state index in [1.807, 2.05) is 25.1 Å². The van der Waals surface area contributed by atoms with Crippen LogP contribution in [0.1, 0.15) is 34.1 Å². The average Bonchev–Trinajstić information content (AvgIpc) is 3.35. The Kier molecular flexibility index (Phi) is 7.22. The summed E-state index contributed by atoms with van der Waals surface area (Å²) in [6.07, 6.45) is 0. The Bertz CT molecular complexity index is 1370. The second-order valence-corrected chi connectivity index (χ2v) is 9.50. The summed E-state index contributed by atoms with van der Waals surface area (Å²) in [4.78, 5) is 21.5. The van der Waals surface area contributed by atoms with Crippen LogP contribution in [0.5, 0.6) is 0 Å². The number of piperazine rings is 1. The van der Waals surface area contributed by atoms with Crippen molar-refractivity contribution >= 4 is 10.9 Å². The number of methoxy groups -OCH3 is 1. The van der Waals surface area contributed by atoms with Crippen LogP contribution < -0.4 is 5.56 Å². The van der Waals surface area contributed by atoms with Gasteiger partial charge in [0.15, 0.2) is 5.82 Å². The molecule has 0 aliphatic carbocycles. The SMILES string of the molecule is COCCn1nnnc1[C@@H](c1cc2c(C)ccc(C)c2[nH]c1=O)N1CCN(Cc2ccccc2)CC1. The molecular formula is C27H33N7O2. The number of ether oxygens (including phenoxy) is 1. The third kappa shape index (κ3) is 4.95. The van der Waals surface area contributed by atoms with Crippen LogP contribution in [0.25, 0.3) is 10.9 Å². The molecule has 4 aromatic rings. The van der Waals surface area contributed by atoms with Gasteiger partial charge in [0.1, 0.15) is 6.04 Å². The van der Waals surface area contributed by atoms with Crippen LogP contribution in [0.3, 0.4) is 0 Å². The number of hydrogen-bond acceptors (Lipinski definition) is 7. The summed E-state index contributed by atoms with van der Waals surface area (Å²) in [6, 6.07) is 16.4. The third-order valence-electron chi connectivity index (χ3n) is 7.10. The van der Waals surface area contributed by atoms with Gasteiger partial charge in [0.05, 0.1) is 18.7 Å². The lowest BCUT2D eigenvalue weighted by atomic mass is 9.99. The van der Waals surface area contributed by atoms with Crippen molar-refractivity contribution in [3.63, 3.8) is 0 Å². The number of pyridine rings is 1. The van der Waals surface area contributed by atoms with Crippen LogP contribution in [-0.4, -0.2) is 74.9 Å². The van der Waals surface area contributed by atoms with Gasteiger partial charge in [0, 0.05) is 50.8 Å². The number of hydrogen-bond donors (Lipinski definition) is 1. The molecule has 0 spiro atoms. The molecular weight excluding hydrogens is 454 g/mol. The summed E-state index contributed by atoms with van der Waals surface area (Å²) in [7, 11) is 1.66. The van der Waals surface area contributed by atoms with E-state index >= 15 is 0 Å². The minimum absolute atomic E-state index is 0.103. The fourth-order valence-electron chi connectivity index (χ4n) is 5.06. The maximum atomic E-state index is 13.5. The number of aryl methyl sites for hydroxylation is 2. The van der Waals surface area contributed by atoms with Gasteiger partial charge in [0.25, 0.3) is 5.56 Å². The van der Waals surface area contributed by atoms with Gasteiger partial charge in [-0.05, 0) is 47.0 Å². The summed E-state index contributed by atoms with van der Waals surface area (Å²) in [5, 5.41) is 13.6. The van der Waals surface area contributed by atoms with Crippen LogP contribution in [0, 0.1) is 13.8 Å². The Balaban J connectivity index is 1.50. The molecule has 0 saturated carbocycles. The van der Waals surface area contributed by atoms with Gasteiger partial charge in [-0.1, -0.05) is 42.5 Å². The first-order valence-electron chi connectivity index (χ1n) is 12.4. The van der Waals surface area contributed by atoms with E-state index in [9.17, 15) is 4.79 Å². The van der Waals surface area contributed by atoms with Crippen molar-refractivity contribution in [3.8, 4) is 0 Å². The second-order valence-electron chi connectivity index (χ2n) is 9.50. The summed E-state index contributed by atoms with van der Waals surface area (Å²) in [5.74, 6) is 0.665. The Morgan fingerprint density at radius 1 is 1.03 bits per heavy atom. The van der Waals surface area contributed by atoms with E-state index in [1.54, 1.807) is 11.8 Å². The van der Waals surface area contributed by atoms with Gasteiger partial charge < -0.3 is 9.72 Å². The molecule has 5 rings (SSSR count). The van der Waals surface area contributed by atoms with Crippen molar-refractivity contribution < 1.29 is 4.74 Å². The molecule has 188 valence electrons. The fourth-order valence-corrected chi connectivity index (χ4v) is 5.06. The number of H-pyrrole nitrogens is 1. The Hall–Kier alpha value is -3.40. The molecule has 9 nitrogen and oxygen atoms in total. The van der Waals surface area contributed by atoms with Crippen molar-refractivity contribution in [2.75, 3.05) is 39.9 Å². The van der Waals surface area contributed by atoms with E-state index in [0.29, 0.717) is 24.5 Å². The number of aromatic nitrogens is 5. The molecule has 0 amide bonds. The minimum atomic E-state index is -0.358. The molecule has 1 saturated heterocycles. The highest BCUT2D eigenvalue weighted by Crippen LogP contribution is 2.29. The second kappa shape index (κ2) is 10.7. The number of fused-ring (bicyclic) bond motifs is 1. The van der Waals surface area contributed by atoms with Crippen molar-refractivity contribution in [1.29, 1.82) is 0 Å². The molecule has 9 heteroatoms. The van der Waals surface area contributed by atoms with Gasteiger partial charge in [-0.2, -0.15) is 0 Å². The molecule has 0 bridgehead atoms. The summed E-state index contributed by atoms with van der Waals surface area (Å²) in [5.41, 5.74) is 4.93. The number of nitrogens with zero attached hydrogens (tertiary/aromatic N) is 6. The van der Waals surface area contributed by atoms with Crippen molar-refractivity contribution in [3.05, 3.63) is 87.0 Å². The molecule has 1 fully saturated rings. The lowest BCUT2D eigenvalue weighted by Crippen LogP contribution is -2.48. The molecule has 2 aromatic carbocycles. The molecule has 3 heterocycles. The lowest BCUT2D eigenvalue weighted by molar-refractivity contribution is 0.0984. The van der Waals surface area contributed by atoms with Crippen LogP contribution in [0.15, 0.2) is 53.3 Å². The smallest absolute Gasteiger partial charge is 0.253 e. The predicted octanol–water partition coefficient (Wildman–Crippen LogP) is 2.69. The average molecular weight is 488 g/mol. The molecule has 1 aliphatic rings. The van der Waals surface area contributed by atoms with E-state index < -0.39 is 0 Å². The van der Waals surface area contributed by atoms with Gasteiger partial charge >= 0.3 is 0 Å². The first-order valence-corrected chi connectivity index (χ1v) is 12.4. The number of rotatable bonds is 8. The van der Waals surface area contributed by atoms with Gasteiger partial charge in [-0.3, -0.25) is 14.6 Å². The lowest BCUT2D eigenvalue weighted by Gasteiger charge is -2.38. The number of nitrogens with one attached hydrogen (secondary N) is 1. The highest BCUT2D eigenvalue weighted by molar-refractivity contribution is 5.85. The third-order valence-corrected chi connectivity index (χ3v) is 7.10. The zero-order valence-electron chi connectivity index (χ0n) is 21.1. The summed E-state index contributed by atoms with van der Waals surface area (Å²) < 4.78 is 7.04. The maximum Gasteiger partial charge on any atom is 0.253 e. The first-order chi connectivity index (χ1) is 17.5. The zero-order chi connectivity index (χ0) is 25.1. The van der Waals surface area contributed by atoms with Gasteiger partial charge in [0.2, 0.25) is 0 Å². The maximum absolute atomic E-state index is 13.5. The predicted molar refractivity (Wildman–Crippen MR) is 139 cm³/mol. The number of tetrazole rings is 1. The van der Waals surface area contributed by atoms with E-state index in [2.05, 4.69) is 67.6 Å². The molecule has 2 aromatic heterocycles. The van der Waals surface area contributed by atoms with E-state index in [-0.39, 0.29) is 11.6 Å². The van der Waals surface area contributed by atoms with Crippen LogP contribution >= 0.6 is 0 Å². The van der Waals surface area contributed by atoms with Crippen LogP contribution in [0.4, 0.5) is 0 Å². The zero-order valence-corrected chi connectivity index (χ0v) is 21.1. The van der Waals surface area contributed by atoms with Crippen molar-refractivity contribution in [2.24, 2.45) is 0 Å². The molecule has 0 unspecified atom stereocenters. The topological polar surface area (TPSA) is 92.2 Å². The quantitative estimate of drug-likeness (QED) is 0.409. The fraction of sp³-hybridized carbons (Fsp3) is 0.407. The monoisotopic (exact) mass is 487 g/mol. The molecule has 1 atom stereocenters. The molecule has 36 heavy (non-hydrogen) atoms. The Morgan fingerprint density at radius 3 is 2.53 bits per heavy atom. The van der Waals surface area contributed by atoms with Gasteiger partial charge in [-0.15, -0.1) is 5.10 Å². The summed E-state index contributed by atoms with van der Waals surface area (Å²) in [6.45, 7) is 9.42. The molecule has 1 N–H and O–H groups in total. The van der Waals surface area contributed by atoms with E-state index in [1.165, 1.54) is 5.56 Å².